The molecule has 0 aliphatic carbocycles. The molecule has 2 unspecified atom stereocenters. The van der Waals surface area contributed by atoms with Crippen LogP contribution in [0.25, 0.3) is 10.9 Å². The molecule has 9 heteroatoms. The average molecular weight is 408 g/mol. The number of esters is 1. The van der Waals surface area contributed by atoms with Crippen LogP contribution in [0.1, 0.15) is 35.4 Å². The second-order valence-corrected chi connectivity index (χ2v) is 8.55. The number of nitrogens with zero attached hydrogens (tertiary/aromatic N) is 2. The van der Waals surface area contributed by atoms with Gasteiger partial charge >= 0.3 is 5.97 Å². The summed E-state index contributed by atoms with van der Waals surface area (Å²) in [7, 11) is -1.64. The highest BCUT2D eigenvalue weighted by atomic mass is 32.2. The lowest BCUT2D eigenvalue weighted by Crippen LogP contribution is -2.45. The number of carbonyl (C=O) groups is 2. The fraction of sp³-hybridized carbons (Fsp3) is 0.474. The molecule has 8 nitrogen and oxygen atoms in total. The van der Waals surface area contributed by atoms with Crippen LogP contribution in [0, 0.1) is 5.92 Å². The summed E-state index contributed by atoms with van der Waals surface area (Å²) in [5.74, 6) is -0.683. The molecule has 152 valence electrons. The number of hydrogen-bond donors (Lipinski definition) is 1. The predicted octanol–water partition coefficient (Wildman–Crippen LogP) is 1.90. The summed E-state index contributed by atoms with van der Waals surface area (Å²) in [6.45, 7) is 3.03. The van der Waals surface area contributed by atoms with Crippen LogP contribution >= 0.6 is 0 Å². The molecule has 0 bridgehead atoms. The van der Waals surface area contributed by atoms with Crippen molar-refractivity contribution in [1.29, 1.82) is 0 Å². The topological polar surface area (TPSA) is 106 Å². The molecule has 2 aromatic rings. The molecule has 1 N–H and O–H groups in total. The molecule has 2 aliphatic rings. The van der Waals surface area contributed by atoms with Gasteiger partial charge in [-0.2, -0.15) is 8.42 Å². The van der Waals surface area contributed by atoms with Gasteiger partial charge in [-0.15, -0.1) is 0 Å². The minimum Gasteiger partial charge on any atom is -0.466 e. The summed E-state index contributed by atoms with van der Waals surface area (Å²) in [6, 6.07) is 7.95. The van der Waals surface area contributed by atoms with Crippen LogP contribution in [0.5, 0.6) is 0 Å². The standard InChI is InChI=1S/C18H20N2O3.CH4O3S/c1-3-23-18(22)13-10-15(21)20-14-7-5-4-6-11(14)12-8-9-19(2)16(13)17(12)20;1-5(2,3)4/h4-7,13,16H,3,8-10H2,1-2H3;1H3,(H,2,3,4). The van der Waals surface area contributed by atoms with Crippen LogP contribution in [-0.4, -0.2) is 60.8 Å². The summed E-state index contributed by atoms with van der Waals surface area (Å²) in [6.07, 6.45) is 1.82. The van der Waals surface area contributed by atoms with Crippen molar-refractivity contribution in [3.63, 3.8) is 0 Å². The average Bonchev–Trinajstić information content (AvgIpc) is 2.94. The molecule has 28 heavy (non-hydrogen) atoms. The molecule has 2 atom stereocenters. The first kappa shape index (κ1) is 20.5. The molecule has 0 saturated heterocycles. The minimum absolute atomic E-state index is 0.00736. The molecule has 1 aromatic heterocycles. The van der Waals surface area contributed by atoms with Crippen LogP contribution in [0.2, 0.25) is 0 Å². The van der Waals surface area contributed by atoms with E-state index in [1.54, 1.807) is 6.92 Å². The smallest absolute Gasteiger partial charge is 0.311 e. The summed E-state index contributed by atoms with van der Waals surface area (Å²) >= 11 is 0. The van der Waals surface area contributed by atoms with Gasteiger partial charge in [-0.1, -0.05) is 18.2 Å². The highest BCUT2D eigenvalue weighted by Gasteiger charge is 2.45. The molecular weight excluding hydrogens is 384 g/mol. The lowest BCUT2D eigenvalue weighted by Gasteiger charge is -2.40. The Balaban J connectivity index is 0.000000403. The van der Waals surface area contributed by atoms with E-state index in [1.807, 2.05) is 29.8 Å². The van der Waals surface area contributed by atoms with E-state index in [-0.39, 0.29) is 24.3 Å². The molecule has 0 fully saturated rings. The first-order valence-corrected chi connectivity index (χ1v) is 10.9. The normalized spacial score (nSPS) is 21.6. The maximum Gasteiger partial charge on any atom is 0.311 e. The molecule has 0 saturated carbocycles. The third-order valence-corrected chi connectivity index (χ3v) is 5.10. The Kier molecular flexibility index (Phi) is 5.60. The highest BCUT2D eigenvalue weighted by Crippen LogP contribution is 2.44. The van der Waals surface area contributed by atoms with E-state index < -0.39 is 16.0 Å². The lowest BCUT2D eigenvalue weighted by atomic mass is 9.84. The van der Waals surface area contributed by atoms with Crippen LogP contribution < -0.4 is 0 Å². The number of ether oxygens (including phenoxy) is 1. The van der Waals surface area contributed by atoms with E-state index in [4.69, 9.17) is 9.29 Å². The van der Waals surface area contributed by atoms with Crippen LogP contribution in [0.15, 0.2) is 24.3 Å². The Hall–Kier alpha value is -2.23. The number of carbonyl (C=O) groups excluding carboxylic acids is 2. The van der Waals surface area contributed by atoms with Gasteiger partial charge in [0.05, 0.1) is 30.3 Å². The minimum atomic E-state index is -3.67. The third kappa shape index (κ3) is 3.82. The van der Waals surface area contributed by atoms with Crippen molar-refractivity contribution < 1.29 is 27.3 Å². The van der Waals surface area contributed by atoms with E-state index in [0.717, 1.165) is 29.6 Å². The monoisotopic (exact) mass is 408 g/mol. The van der Waals surface area contributed by atoms with Crippen LogP contribution in [0.4, 0.5) is 0 Å². The largest absolute Gasteiger partial charge is 0.466 e. The first-order chi connectivity index (χ1) is 13.1. The summed E-state index contributed by atoms with van der Waals surface area (Å²) in [5, 5.41) is 1.14. The molecule has 0 amide bonds. The Morgan fingerprint density at radius 3 is 2.61 bits per heavy atom. The van der Waals surface area contributed by atoms with E-state index >= 15 is 0 Å². The molecule has 0 radical (unpaired) electrons. The van der Waals surface area contributed by atoms with Crippen molar-refractivity contribution in [2.45, 2.75) is 25.8 Å². The van der Waals surface area contributed by atoms with E-state index in [0.29, 0.717) is 12.9 Å². The zero-order valence-electron chi connectivity index (χ0n) is 16.1. The van der Waals surface area contributed by atoms with E-state index in [1.165, 1.54) is 5.56 Å². The molecule has 3 heterocycles. The summed E-state index contributed by atoms with van der Waals surface area (Å²) in [5.41, 5.74) is 3.17. The summed E-state index contributed by atoms with van der Waals surface area (Å²) < 4.78 is 32.9. The van der Waals surface area contributed by atoms with Crippen molar-refractivity contribution in [3.8, 4) is 0 Å². The number of rotatable bonds is 2. The van der Waals surface area contributed by atoms with Gasteiger partial charge in [-0.05, 0) is 32.0 Å². The molecule has 4 rings (SSSR count). The molecule has 1 aromatic carbocycles. The number of fused-ring (bicyclic) bond motifs is 3. The molecule has 0 spiro atoms. The highest BCUT2D eigenvalue weighted by molar-refractivity contribution is 7.85. The second-order valence-electron chi connectivity index (χ2n) is 7.08. The van der Waals surface area contributed by atoms with Crippen molar-refractivity contribution in [3.05, 3.63) is 35.5 Å². The van der Waals surface area contributed by atoms with Gasteiger partial charge in [-0.25, -0.2) is 0 Å². The van der Waals surface area contributed by atoms with Gasteiger partial charge in [0.1, 0.15) is 0 Å². The van der Waals surface area contributed by atoms with Gasteiger partial charge < -0.3 is 4.74 Å². The van der Waals surface area contributed by atoms with Crippen molar-refractivity contribution in [1.82, 2.24) is 9.47 Å². The number of para-hydroxylation sites is 1. The van der Waals surface area contributed by atoms with E-state index in [9.17, 15) is 18.0 Å². The number of aromatic nitrogens is 1. The lowest BCUT2D eigenvalue weighted by molar-refractivity contribution is -0.151. The SMILES string of the molecule is CCOC(=O)C1CC(=O)n2c3c(c4ccccc42)CCN(C)C31.CS(=O)(=O)O. The van der Waals surface area contributed by atoms with E-state index in [2.05, 4.69) is 11.0 Å². The predicted molar refractivity (Wildman–Crippen MR) is 104 cm³/mol. The quantitative estimate of drug-likeness (QED) is 0.597. The van der Waals surface area contributed by atoms with Gasteiger partial charge in [0.25, 0.3) is 10.1 Å². The van der Waals surface area contributed by atoms with Gasteiger partial charge in [0.15, 0.2) is 0 Å². The Morgan fingerprint density at radius 2 is 1.96 bits per heavy atom. The fourth-order valence-electron chi connectivity index (χ4n) is 4.16. The maximum absolute atomic E-state index is 12.8. The van der Waals surface area contributed by atoms with Crippen molar-refractivity contribution >= 4 is 32.9 Å². The number of likely N-dealkylation sites (N-methyl/N-ethyl adjacent to an activating group) is 1. The Morgan fingerprint density at radius 1 is 1.32 bits per heavy atom. The van der Waals surface area contributed by atoms with Crippen molar-refractivity contribution in [2.75, 3.05) is 26.5 Å². The third-order valence-electron chi connectivity index (χ3n) is 5.10. The first-order valence-electron chi connectivity index (χ1n) is 9.08. The zero-order chi connectivity index (χ0) is 20.6. The maximum atomic E-state index is 12.8. The fourth-order valence-corrected chi connectivity index (χ4v) is 4.16. The summed E-state index contributed by atoms with van der Waals surface area (Å²) in [4.78, 5) is 27.4. The molecule has 2 aliphatic heterocycles. The number of benzene rings is 1. The van der Waals surface area contributed by atoms with Crippen LogP contribution in [-0.2, 0) is 26.1 Å². The Labute approximate surface area is 163 Å². The van der Waals surface area contributed by atoms with Gasteiger partial charge in [0, 0.05) is 24.0 Å². The van der Waals surface area contributed by atoms with Crippen molar-refractivity contribution in [2.24, 2.45) is 5.92 Å². The number of hydrogen-bond acceptors (Lipinski definition) is 6. The van der Waals surface area contributed by atoms with Crippen LogP contribution in [0.3, 0.4) is 0 Å². The Bertz CT molecular complexity index is 1020. The zero-order valence-corrected chi connectivity index (χ0v) is 16.9. The second kappa shape index (κ2) is 7.65. The van der Waals surface area contributed by atoms with Gasteiger partial charge in [0.2, 0.25) is 5.91 Å². The molecular formula is C19H24N2O6S. The van der Waals surface area contributed by atoms with Gasteiger partial charge in [-0.3, -0.25) is 23.6 Å².